The number of carbonyl (C=O) groups is 1. The van der Waals surface area contributed by atoms with Gasteiger partial charge in [0.25, 0.3) is 0 Å². The molecule has 3 nitrogen and oxygen atoms in total. The summed E-state index contributed by atoms with van der Waals surface area (Å²) in [7, 11) is 0. The first-order valence-corrected chi connectivity index (χ1v) is 6.61. The molecule has 1 heterocycles. The zero-order valence-corrected chi connectivity index (χ0v) is 11.2. The van der Waals surface area contributed by atoms with E-state index in [1.165, 1.54) is 0 Å². The van der Waals surface area contributed by atoms with Gasteiger partial charge in [-0.05, 0) is 31.4 Å². The van der Waals surface area contributed by atoms with E-state index in [0.717, 1.165) is 10.4 Å². The van der Waals surface area contributed by atoms with E-state index in [1.54, 1.807) is 17.4 Å². The van der Waals surface area contributed by atoms with E-state index >= 15 is 0 Å². The number of nitrogen functional groups attached to an aromatic ring is 1. The number of hydrogen-bond acceptors (Lipinski definition) is 4. The van der Waals surface area contributed by atoms with Crippen LogP contribution in [0.15, 0.2) is 35.7 Å². The molecule has 0 saturated heterocycles. The number of anilines is 1. The monoisotopic (exact) mass is 261 g/mol. The Hall–Kier alpha value is -1.81. The van der Waals surface area contributed by atoms with E-state index in [2.05, 4.69) is 0 Å². The van der Waals surface area contributed by atoms with E-state index in [4.69, 9.17) is 10.5 Å². The van der Waals surface area contributed by atoms with Crippen molar-refractivity contribution in [1.82, 2.24) is 0 Å². The Morgan fingerprint density at radius 3 is 2.67 bits per heavy atom. The number of carbonyl (C=O) groups excluding carboxylic acids is 1. The molecule has 4 heteroatoms. The van der Waals surface area contributed by atoms with E-state index in [1.807, 2.05) is 43.5 Å². The molecular formula is C14H15NO2S. The molecule has 0 bridgehead atoms. The van der Waals surface area contributed by atoms with E-state index < -0.39 is 0 Å². The smallest absolute Gasteiger partial charge is 0.341 e. The van der Waals surface area contributed by atoms with Crippen LogP contribution >= 0.6 is 11.3 Å². The van der Waals surface area contributed by atoms with Crippen LogP contribution in [0.1, 0.15) is 24.2 Å². The average Bonchev–Trinajstić information content (AvgIpc) is 2.80. The summed E-state index contributed by atoms with van der Waals surface area (Å²) in [6.07, 6.45) is -0.159. The van der Waals surface area contributed by atoms with Gasteiger partial charge in [-0.3, -0.25) is 0 Å². The molecule has 94 valence electrons. The minimum absolute atomic E-state index is 0.159. The lowest BCUT2D eigenvalue weighted by molar-refractivity contribution is 0.0380. The quantitative estimate of drug-likeness (QED) is 0.679. The molecule has 0 radical (unpaired) electrons. The highest BCUT2D eigenvalue weighted by Crippen LogP contribution is 2.31. The molecule has 0 saturated carbocycles. The zero-order valence-electron chi connectivity index (χ0n) is 10.3. The van der Waals surface area contributed by atoms with Crippen molar-refractivity contribution < 1.29 is 9.53 Å². The lowest BCUT2D eigenvalue weighted by Crippen LogP contribution is -2.14. The standard InChI is InChI=1S/C14H15NO2S/c1-9(2)17-14(16)13-10(5-3-6-11(13)15)12-7-4-8-18-12/h3-9H,15H2,1-2H3. The molecule has 2 N–H and O–H groups in total. The van der Waals surface area contributed by atoms with Crippen LogP contribution in [0.25, 0.3) is 10.4 Å². The Morgan fingerprint density at radius 1 is 1.28 bits per heavy atom. The number of ether oxygens (including phenoxy) is 1. The van der Waals surface area contributed by atoms with Crippen molar-refractivity contribution in [2.75, 3.05) is 5.73 Å². The van der Waals surface area contributed by atoms with Crippen LogP contribution in [-0.4, -0.2) is 12.1 Å². The van der Waals surface area contributed by atoms with Gasteiger partial charge in [-0.1, -0.05) is 18.2 Å². The molecule has 0 aliphatic rings. The molecule has 0 atom stereocenters. The van der Waals surface area contributed by atoms with Gasteiger partial charge in [0.1, 0.15) is 0 Å². The number of hydrogen-bond donors (Lipinski definition) is 1. The first-order valence-electron chi connectivity index (χ1n) is 5.73. The normalized spacial score (nSPS) is 10.6. The summed E-state index contributed by atoms with van der Waals surface area (Å²) >= 11 is 1.57. The summed E-state index contributed by atoms with van der Waals surface area (Å²) in [5.74, 6) is -0.369. The molecule has 0 unspecified atom stereocenters. The van der Waals surface area contributed by atoms with Crippen LogP contribution in [-0.2, 0) is 4.74 Å². The van der Waals surface area contributed by atoms with Crippen molar-refractivity contribution in [1.29, 1.82) is 0 Å². The Bertz CT molecular complexity index is 547. The molecule has 0 fully saturated rings. The zero-order chi connectivity index (χ0) is 13.1. The SMILES string of the molecule is CC(C)OC(=O)c1c(N)cccc1-c1cccs1. The van der Waals surface area contributed by atoms with Gasteiger partial charge in [0.05, 0.1) is 11.7 Å². The van der Waals surface area contributed by atoms with Gasteiger partial charge in [-0.25, -0.2) is 4.79 Å². The van der Waals surface area contributed by atoms with Gasteiger partial charge >= 0.3 is 5.97 Å². The molecule has 0 spiro atoms. The molecule has 0 aliphatic carbocycles. The molecule has 2 aromatic rings. The minimum Gasteiger partial charge on any atom is -0.459 e. The highest BCUT2D eigenvalue weighted by molar-refractivity contribution is 7.13. The number of rotatable bonds is 3. The van der Waals surface area contributed by atoms with E-state index in [9.17, 15) is 4.79 Å². The second-order valence-corrected chi connectivity index (χ2v) is 5.15. The number of benzene rings is 1. The average molecular weight is 261 g/mol. The third kappa shape index (κ3) is 2.54. The summed E-state index contributed by atoms with van der Waals surface area (Å²) < 4.78 is 5.24. The van der Waals surface area contributed by atoms with Gasteiger partial charge in [0, 0.05) is 16.1 Å². The minimum atomic E-state index is -0.369. The van der Waals surface area contributed by atoms with Crippen LogP contribution in [0.5, 0.6) is 0 Å². The number of esters is 1. The molecule has 18 heavy (non-hydrogen) atoms. The Kier molecular flexibility index (Phi) is 3.67. The second kappa shape index (κ2) is 5.23. The van der Waals surface area contributed by atoms with Crippen molar-refractivity contribution in [2.24, 2.45) is 0 Å². The summed E-state index contributed by atoms with van der Waals surface area (Å²) in [6.45, 7) is 3.64. The predicted octanol–water partition coefficient (Wildman–Crippen LogP) is 3.56. The molecule has 2 rings (SSSR count). The molecule has 0 amide bonds. The van der Waals surface area contributed by atoms with Crippen LogP contribution in [0, 0.1) is 0 Å². The summed E-state index contributed by atoms with van der Waals surface area (Å²) in [6, 6.07) is 9.36. The largest absolute Gasteiger partial charge is 0.459 e. The molecule has 1 aromatic heterocycles. The fraction of sp³-hybridized carbons (Fsp3) is 0.214. The van der Waals surface area contributed by atoms with E-state index in [0.29, 0.717) is 11.3 Å². The summed E-state index contributed by atoms with van der Waals surface area (Å²) in [5, 5.41) is 1.97. The Balaban J connectivity index is 2.48. The maximum absolute atomic E-state index is 12.1. The maximum Gasteiger partial charge on any atom is 0.341 e. The predicted molar refractivity (Wildman–Crippen MR) is 74.7 cm³/mol. The molecular weight excluding hydrogens is 246 g/mol. The topological polar surface area (TPSA) is 52.3 Å². The van der Waals surface area contributed by atoms with Gasteiger partial charge in [0.2, 0.25) is 0 Å². The Morgan fingerprint density at radius 2 is 2.06 bits per heavy atom. The summed E-state index contributed by atoms with van der Waals surface area (Å²) in [5.41, 5.74) is 7.64. The van der Waals surface area contributed by atoms with Crippen LogP contribution in [0.4, 0.5) is 5.69 Å². The lowest BCUT2D eigenvalue weighted by Gasteiger charge is -2.13. The molecule has 1 aromatic carbocycles. The number of thiophene rings is 1. The second-order valence-electron chi connectivity index (χ2n) is 4.20. The first-order chi connectivity index (χ1) is 8.59. The fourth-order valence-corrected chi connectivity index (χ4v) is 2.47. The van der Waals surface area contributed by atoms with Crippen molar-refractivity contribution in [2.45, 2.75) is 20.0 Å². The van der Waals surface area contributed by atoms with Crippen LogP contribution in [0.2, 0.25) is 0 Å². The first kappa shape index (κ1) is 12.6. The van der Waals surface area contributed by atoms with E-state index in [-0.39, 0.29) is 12.1 Å². The van der Waals surface area contributed by atoms with Crippen molar-refractivity contribution in [3.63, 3.8) is 0 Å². The highest BCUT2D eigenvalue weighted by Gasteiger charge is 2.18. The van der Waals surface area contributed by atoms with Crippen LogP contribution in [0.3, 0.4) is 0 Å². The third-order valence-electron chi connectivity index (χ3n) is 2.43. The fourth-order valence-electron chi connectivity index (χ4n) is 1.71. The summed E-state index contributed by atoms with van der Waals surface area (Å²) in [4.78, 5) is 13.1. The lowest BCUT2D eigenvalue weighted by atomic mass is 10.0. The van der Waals surface area contributed by atoms with Gasteiger partial charge in [-0.2, -0.15) is 0 Å². The van der Waals surface area contributed by atoms with Crippen molar-refractivity contribution in [3.8, 4) is 10.4 Å². The Labute approximate surface area is 110 Å². The van der Waals surface area contributed by atoms with Gasteiger partial charge in [0.15, 0.2) is 0 Å². The van der Waals surface area contributed by atoms with Gasteiger partial charge in [-0.15, -0.1) is 11.3 Å². The van der Waals surface area contributed by atoms with Crippen molar-refractivity contribution >= 4 is 23.0 Å². The maximum atomic E-state index is 12.1. The number of nitrogens with two attached hydrogens (primary N) is 1. The third-order valence-corrected chi connectivity index (χ3v) is 3.33. The van der Waals surface area contributed by atoms with Gasteiger partial charge < -0.3 is 10.5 Å². The van der Waals surface area contributed by atoms with Crippen molar-refractivity contribution in [3.05, 3.63) is 41.3 Å². The van der Waals surface area contributed by atoms with Crippen LogP contribution < -0.4 is 5.73 Å². The molecule has 0 aliphatic heterocycles. The highest BCUT2D eigenvalue weighted by atomic mass is 32.1.